The molecule has 0 saturated carbocycles. The molecule has 1 aliphatic heterocycles. The number of hydrogen-bond donors (Lipinski definition) is 1. The highest BCUT2D eigenvalue weighted by molar-refractivity contribution is 6.30. The lowest BCUT2D eigenvalue weighted by atomic mass is 9.68. The second-order valence-electron chi connectivity index (χ2n) is 9.83. The van der Waals surface area contributed by atoms with Gasteiger partial charge in [-0.05, 0) is 70.6 Å². The van der Waals surface area contributed by atoms with E-state index in [-0.39, 0.29) is 17.2 Å². The van der Waals surface area contributed by atoms with Gasteiger partial charge in [-0.1, -0.05) is 55.8 Å². The van der Waals surface area contributed by atoms with Crippen LogP contribution in [0.1, 0.15) is 44.1 Å². The largest absolute Gasteiger partial charge is 0.459 e. The van der Waals surface area contributed by atoms with Crippen molar-refractivity contribution in [3.63, 3.8) is 0 Å². The van der Waals surface area contributed by atoms with Crippen LogP contribution < -0.4 is 5.32 Å². The van der Waals surface area contributed by atoms with Gasteiger partial charge in [-0.15, -0.1) is 0 Å². The van der Waals surface area contributed by atoms with Crippen molar-refractivity contribution in [3.05, 3.63) is 94.7 Å². The lowest BCUT2D eigenvalue weighted by Crippen LogP contribution is -2.33. The lowest BCUT2D eigenvalue weighted by Gasteiger charge is -2.39. The topological polar surface area (TPSA) is 42.2 Å². The van der Waals surface area contributed by atoms with Gasteiger partial charge in [0.05, 0.1) is 0 Å². The SMILES string of the molecule is CC1(C)CC(=O)C2=C(C1)c1c(ccc3ccccc13)N[C@@H]2c1ccc(-c2ccc(Cl)cc2)o1. The van der Waals surface area contributed by atoms with Gasteiger partial charge in [0.25, 0.3) is 0 Å². The van der Waals surface area contributed by atoms with Crippen LogP contribution in [0.4, 0.5) is 5.69 Å². The molecular weight excluding hydrogens is 430 g/mol. The summed E-state index contributed by atoms with van der Waals surface area (Å²) in [7, 11) is 0. The first-order chi connectivity index (χ1) is 15.9. The molecule has 1 atom stereocenters. The number of halogens is 1. The van der Waals surface area contributed by atoms with E-state index in [0.717, 1.165) is 45.9 Å². The van der Waals surface area contributed by atoms with E-state index in [1.54, 1.807) is 0 Å². The van der Waals surface area contributed by atoms with Crippen LogP contribution in [0.5, 0.6) is 0 Å². The average Bonchev–Trinajstić information content (AvgIpc) is 3.28. The van der Waals surface area contributed by atoms with E-state index in [1.165, 1.54) is 10.8 Å². The molecule has 1 aromatic heterocycles. The third-order valence-corrected chi connectivity index (χ3v) is 7.03. The number of allylic oxidation sites excluding steroid dienone is 1. The third-order valence-electron chi connectivity index (χ3n) is 6.78. The molecule has 0 amide bonds. The minimum atomic E-state index is -0.307. The number of rotatable bonds is 2. The first-order valence-electron chi connectivity index (χ1n) is 11.3. The van der Waals surface area contributed by atoms with Crippen molar-refractivity contribution < 1.29 is 9.21 Å². The number of fused-ring (bicyclic) bond motifs is 4. The summed E-state index contributed by atoms with van der Waals surface area (Å²) < 4.78 is 6.31. The number of Topliss-reactive ketones (excluding diaryl/α,β-unsaturated/α-hetero) is 1. The van der Waals surface area contributed by atoms with Crippen molar-refractivity contribution in [3.8, 4) is 11.3 Å². The molecule has 0 saturated heterocycles. The molecule has 2 aliphatic rings. The molecule has 1 N–H and O–H groups in total. The minimum absolute atomic E-state index is 0.0797. The van der Waals surface area contributed by atoms with Gasteiger partial charge < -0.3 is 9.73 Å². The highest BCUT2D eigenvalue weighted by Crippen LogP contribution is 2.52. The summed E-state index contributed by atoms with van der Waals surface area (Å²) in [6.45, 7) is 4.37. The Morgan fingerprint density at radius 3 is 2.55 bits per heavy atom. The standard InChI is InChI=1S/C29H24ClNO2/c1-29(2)15-21-26-20-6-4-3-5-17(20)9-12-22(26)31-28(27(21)23(32)16-29)25-14-13-24(33-25)18-7-10-19(30)11-8-18/h3-14,28,31H,15-16H2,1-2H3/t28-/m1/s1. The Kier molecular flexibility index (Phi) is 4.53. The monoisotopic (exact) mass is 453 g/mol. The van der Waals surface area contributed by atoms with E-state index in [1.807, 2.05) is 36.4 Å². The van der Waals surface area contributed by atoms with Crippen LogP contribution in [0.25, 0.3) is 27.7 Å². The van der Waals surface area contributed by atoms with Crippen LogP contribution in [0.2, 0.25) is 5.02 Å². The molecule has 0 bridgehead atoms. The van der Waals surface area contributed by atoms with Crippen LogP contribution in [0, 0.1) is 5.41 Å². The van der Waals surface area contributed by atoms with Crippen molar-refractivity contribution >= 4 is 39.4 Å². The van der Waals surface area contributed by atoms with Gasteiger partial charge in [0.15, 0.2) is 5.78 Å². The molecule has 0 spiro atoms. The van der Waals surface area contributed by atoms with Crippen molar-refractivity contribution in [2.45, 2.75) is 32.7 Å². The first-order valence-corrected chi connectivity index (χ1v) is 11.7. The Morgan fingerprint density at radius 2 is 1.73 bits per heavy atom. The Labute approximate surface area is 198 Å². The second-order valence-corrected chi connectivity index (χ2v) is 10.3. The van der Waals surface area contributed by atoms with Crippen LogP contribution in [0.15, 0.2) is 82.8 Å². The Morgan fingerprint density at radius 1 is 0.939 bits per heavy atom. The molecular formula is C29H24ClNO2. The van der Waals surface area contributed by atoms with Gasteiger partial charge in [-0.3, -0.25) is 4.79 Å². The maximum Gasteiger partial charge on any atom is 0.162 e. The average molecular weight is 454 g/mol. The van der Waals surface area contributed by atoms with Crippen LogP contribution in [-0.4, -0.2) is 5.78 Å². The van der Waals surface area contributed by atoms with Crippen molar-refractivity contribution in [1.29, 1.82) is 0 Å². The van der Waals surface area contributed by atoms with E-state index in [2.05, 4.69) is 55.6 Å². The fourth-order valence-corrected chi connectivity index (χ4v) is 5.45. The van der Waals surface area contributed by atoms with Gasteiger partial charge in [-0.2, -0.15) is 0 Å². The second kappa shape index (κ2) is 7.36. The summed E-state index contributed by atoms with van der Waals surface area (Å²) in [4.78, 5) is 13.5. The van der Waals surface area contributed by atoms with Crippen molar-refractivity contribution in [1.82, 2.24) is 0 Å². The molecule has 0 fully saturated rings. The fraction of sp³-hybridized carbons (Fsp3) is 0.207. The Bertz CT molecular complexity index is 1440. The number of anilines is 1. The van der Waals surface area contributed by atoms with Crippen molar-refractivity contribution in [2.24, 2.45) is 5.41 Å². The van der Waals surface area contributed by atoms with Gasteiger partial charge in [0.1, 0.15) is 17.6 Å². The summed E-state index contributed by atoms with van der Waals surface area (Å²) in [5.74, 6) is 1.71. The zero-order valence-corrected chi connectivity index (χ0v) is 19.4. The molecule has 4 heteroatoms. The van der Waals surface area contributed by atoms with E-state index in [4.69, 9.17) is 16.0 Å². The molecule has 0 unspecified atom stereocenters. The van der Waals surface area contributed by atoms with E-state index in [0.29, 0.717) is 11.4 Å². The summed E-state index contributed by atoms with van der Waals surface area (Å²) >= 11 is 6.05. The number of nitrogens with one attached hydrogen (secondary N) is 1. The van der Waals surface area contributed by atoms with Crippen LogP contribution >= 0.6 is 11.6 Å². The van der Waals surface area contributed by atoms with Gasteiger partial charge >= 0.3 is 0 Å². The molecule has 1 aliphatic carbocycles. The molecule has 6 rings (SSSR count). The van der Waals surface area contributed by atoms with Crippen LogP contribution in [-0.2, 0) is 4.79 Å². The highest BCUT2D eigenvalue weighted by atomic mass is 35.5. The maximum atomic E-state index is 13.5. The van der Waals surface area contributed by atoms with E-state index < -0.39 is 0 Å². The Balaban J connectivity index is 1.53. The summed E-state index contributed by atoms with van der Waals surface area (Å²) in [6.07, 6.45) is 1.40. The number of benzene rings is 3. The molecule has 33 heavy (non-hydrogen) atoms. The predicted molar refractivity (Wildman–Crippen MR) is 134 cm³/mol. The van der Waals surface area contributed by atoms with Crippen LogP contribution in [0.3, 0.4) is 0 Å². The third kappa shape index (κ3) is 3.39. The summed E-state index contributed by atoms with van der Waals surface area (Å²) in [6, 6.07) is 23.9. The van der Waals surface area contributed by atoms with Crippen molar-refractivity contribution in [2.75, 3.05) is 5.32 Å². The maximum absolute atomic E-state index is 13.5. The van der Waals surface area contributed by atoms with E-state index >= 15 is 0 Å². The number of ketones is 1. The molecule has 2 heterocycles. The predicted octanol–water partition coefficient (Wildman–Crippen LogP) is 8.06. The molecule has 0 radical (unpaired) electrons. The first kappa shape index (κ1) is 20.3. The quantitative estimate of drug-likeness (QED) is 0.333. The lowest BCUT2D eigenvalue weighted by molar-refractivity contribution is -0.118. The van der Waals surface area contributed by atoms with Gasteiger partial charge in [0.2, 0.25) is 0 Å². The molecule has 3 nitrogen and oxygen atoms in total. The minimum Gasteiger partial charge on any atom is -0.459 e. The number of carbonyl (C=O) groups is 1. The fourth-order valence-electron chi connectivity index (χ4n) is 5.33. The molecule has 4 aromatic rings. The highest BCUT2D eigenvalue weighted by Gasteiger charge is 2.41. The number of hydrogen-bond acceptors (Lipinski definition) is 3. The summed E-state index contributed by atoms with van der Waals surface area (Å²) in [5.41, 5.74) is 5.07. The normalized spacial score (nSPS) is 19.2. The zero-order valence-electron chi connectivity index (χ0n) is 18.6. The molecule has 3 aromatic carbocycles. The zero-order chi connectivity index (χ0) is 22.7. The Hall–Kier alpha value is -3.30. The molecule has 164 valence electrons. The van der Waals surface area contributed by atoms with E-state index in [9.17, 15) is 4.79 Å². The number of carbonyl (C=O) groups excluding carboxylic acids is 1. The van der Waals surface area contributed by atoms with Gasteiger partial charge in [-0.25, -0.2) is 0 Å². The summed E-state index contributed by atoms with van der Waals surface area (Å²) in [5, 5.41) is 6.69. The smallest absolute Gasteiger partial charge is 0.162 e. The van der Waals surface area contributed by atoms with Gasteiger partial charge in [0, 0.05) is 33.8 Å². The number of furan rings is 1.